The van der Waals surface area contributed by atoms with E-state index in [0.717, 1.165) is 48.6 Å². The first-order chi connectivity index (χ1) is 21.1. The summed E-state index contributed by atoms with van der Waals surface area (Å²) in [6.07, 6.45) is -6.10. The quantitative estimate of drug-likeness (QED) is 0.219. The van der Waals surface area contributed by atoms with Gasteiger partial charge in [-0.2, -0.15) is 26.3 Å². The number of hydrogen-bond donors (Lipinski definition) is 2. The number of rotatable bonds is 3. The lowest BCUT2D eigenvalue weighted by atomic mass is 10.1. The number of piperazine rings is 1. The Morgan fingerprint density at radius 3 is 1.93 bits per heavy atom. The van der Waals surface area contributed by atoms with Gasteiger partial charge in [-0.05, 0) is 54.6 Å². The summed E-state index contributed by atoms with van der Waals surface area (Å²) in [7, 11) is 2.19. The summed E-state index contributed by atoms with van der Waals surface area (Å²) in [5.74, 6) is -5.51. The Morgan fingerprint density at radius 2 is 1.36 bits per heavy atom. The zero-order valence-electron chi connectivity index (χ0n) is 23.4. The lowest BCUT2D eigenvalue weighted by Crippen LogP contribution is -2.44. The number of alkyl halides is 6. The molecule has 0 saturated carbocycles. The van der Waals surface area contributed by atoms with Crippen molar-refractivity contribution in [1.29, 1.82) is 0 Å². The van der Waals surface area contributed by atoms with Gasteiger partial charge >= 0.3 is 24.3 Å². The molecule has 0 radical (unpaired) electrons. The smallest absolute Gasteiger partial charge is 0.475 e. The molecular formula is C29H25F6N5O4S. The van der Waals surface area contributed by atoms with Crippen molar-refractivity contribution in [1.82, 2.24) is 19.3 Å². The van der Waals surface area contributed by atoms with E-state index >= 15 is 0 Å². The number of benzene rings is 2. The van der Waals surface area contributed by atoms with Gasteiger partial charge in [0.15, 0.2) is 0 Å². The van der Waals surface area contributed by atoms with E-state index in [1.54, 1.807) is 11.3 Å². The summed E-state index contributed by atoms with van der Waals surface area (Å²) in [5, 5.41) is 14.2. The third kappa shape index (κ3) is 8.48. The largest absolute Gasteiger partial charge is 0.490 e. The molecule has 0 spiro atoms. The van der Waals surface area contributed by atoms with E-state index in [4.69, 9.17) is 19.8 Å². The zero-order valence-corrected chi connectivity index (χ0v) is 24.2. The van der Waals surface area contributed by atoms with Crippen LogP contribution < -0.4 is 4.90 Å². The van der Waals surface area contributed by atoms with Crippen molar-refractivity contribution in [3.63, 3.8) is 0 Å². The molecule has 45 heavy (non-hydrogen) atoms. The molecule has 9 nitrogen and oxygen atoms in total. The Kier molecular flexibility index (Phi) is 9.97. The highest BCUT2D eigenvalue weighted by Crippen LogP contribution is 2.29. The topological polar surface area (TPSA) is 111 Å². The Balaban J connectivity index is 0.000000277. The number of aromatic nitrogens is 3. The number of carbonyl (C=O) groups is 2. The molecule has 238 valence electrons. The van der Waals surface area contributed by atoms with Gasteiger partial charge in [0.2, 0.25) is 0 Å². The minimum absolute atomic E-state index is 0.953. The van der Waals surface area contributed by atoms with Gasteiger partial charge in [-0.15, -0.1) is 11.3 Å². The third-order valence-corrected chi connectivity index (χ3v) is 7.50. The molecule has 0 bridgehead atoms. The monoisotopic (exact) mass is 653 g/mol. The Bertz CT molecular complexity index is 1750. The van der Waals surface area contributed by atoms with Crippen molar-refractivity contribution in [3.05, 3.63) is 72.5 Å². The number of hydrogen-bond acceptors (Lipinski definition) is 7. The van der Waals surface area contributed by atoms with Crippen LogP contribution in [0.4, 0.5) is 32.0 Å². The summed E-state index contributed by atoms with van der Waals surface area (Å²) in [6, 6.07) is 19.7. The lowest BCUT2D eigenvalue weighted by Gasteiger charge is -2.34. The number of aliphatic carboxylic acids is 2. The molecule has 3 aromatic heterocycles. The number of thiazole rings is 1. The minimum atomic E-state index is -5.08. The maximum atomic E-state index is 10.6. The number of halogens is 6. The van der Waals surface area contributed by atoms with Crippen LogP contribution in [-0.4, -0.2) is 87.0 Å². The molecule has 1 aliphatic heterocycles. The molecule has 0 aliphatic carbocycles. The van der Waals surface area contributed by atoms with Crippen LogP contribution in [0, 0.1) is 0 Å². The fourth-order valence-corrected chi connectivity index (χ4v) is 4.98. The van der Waals surface area contributed by atoms with Crippen LogP contribution in [0.15, 0.2) is 72.5 Å². The van der Waals surface area contributed by atoms with Gasteiger partial charge < -0.3 is 20.0 Å². The molecule has 16 heteroatoms. The van der Waals surface area contributed by atoms with Crippen molar-refractivity contribution in [2.45, 2.75) is 12.4 Å². The van der Waals surface area contributed by atoms with Crippen molar-refractivity contribution in [3.8, 4) is 22.4 Å². The van der Waals surface area contributed by atoms with Crippen LogP contribution in [0.1, 0.15) is 0 Å². The van der Waals surface area contributed by atoms with E-state index in [1.807, 2.05) is 11.7 Å². The molecule has 4 heterocycles. The predicted octanol–water partition coefficient (Wildman–Crippen LogP) is 6.30. The summed E-state index contributed by atoms with van der Waals surface area (Å²) in [4.78, 5) is 31.8. The molecule has 2 N–H and O–H groups in total. The highest BCUT2D eigenvalue weighted by atomic mass is 32.1. The second-order valence-corrected chi connectivity index (χ2v) is 10.7. The molecule has 0 amide bonds. The number of carboxylic acid groups (broad SMARTS) is 2. The van der Waals surface area contributed by atoms with E-state index < -0.39 is 24.3 Å². The number of imidazole rings is 1. The molecule has 0 atom stereocenters. The molecule has 1 saturated heterocycles. The standard InChI is InChI=1S/C25H23N5S.2C2HF3O2/c1-28-10-12-29(13-11-28)21-5-2-18(3-6-21)19-8-9-30-23(16-26-25(30)15-19)20-4-7-24-22(14-20)27-17-31-24;2*3-2(4,5)1(6)7/h2-9,14-17H,10-13H2,1H3;2*(H,6,7). The first-order valence-corrected chi connectivity index (χ1v) is 14.0. The van der Waals surface area contributed by atoms with Crippen molar-refractivity contribution in [2.24, 2.45) is 0 Å². The normalized spacial score (nSPS) is 14.0. The Hall–Kier alpha value is -4.70. The number of nitrogens with zero attached hydrogens (tertiary/aromatic N) is 5. The summed E-state index contributed by atoms with van der Waals surface area (Å²) in [5.41, 5.74) is 9.81. The third-order valence-electron chi connectivity index (χ3n) is 6.69. The van der Waals surface area contributed by atoms with E-state index in [2.05, 4.69) is 92.0 Å². The number of anilines is 1. The van der Waals surface area contributed by atoms with Gasteiger partial charge in [0.25, 0.3) is 0 Å². The number of likely N-dealkylation sites (N-methyl/N-ethyl adjacent to an activating group) is 1. The molecule has 0 unspecified atom stereocenters. The molecule has 2 aromatic carbocycles. The van der Waals surface area contributed by atoms with Crippen molar-refractivity contribution in [2.75, 3.05) is 38.1 Å². The fraction of sp³-hybridized carbons (Fsp3) is 0.241. The second-order valence-electron chi connectivity index (χ2n) is 9.76. The number of pyridine rings is 1. The maximum absolute atomic E-state index is 10.6. The van der Waals surface area contributed by atoms with Gasteiger partial charge in [0.1, 0.15) is 5.65 Å². The summed E-state index contributed by atoms with van der Waals surface area (Å²) in [6.45, 7) is 4.42. The highest BCUT2D eigenvalue weighted by Gasteiger charge is 2.38. The molecule has 1 fully saturated rings. The lowest BCUT2D eigenvalue weighted by molar-refractivity contribution is -0.193. The Morgan fingerprint density at radius 1 is 0.778 bits per heavy atom. The van der Waals surface area contributed by atoms with E-state index in [9.17, 15) is 26.3 Å². The van der Waals surface area contributed by atoms with E-state index in [1.165, 1.54) is 21.5 Å². The molecule has 6 rings (SSSR count). The van der Waals surface area contributed by atoms with Crippen LogP contribution in [0.3, 0.4) is 0 Å². The predicted molar refractivity (Wildman–Crippen MR) is 156 cm³/mol. The fourth-order valence-electron chi connectivity index (χ4n) is 4.32. The first kappa shape index (κ1) is 33.2. The zero-order chi connectivity index (χ0) is 32.9. The van der Waals surface area contributed by atoms with Gasteiger partial charge in [0.05, 0.1) is 27.6 Å². The van der Waals surface area contributed by atoms with Crippen LogP contribution >= 0.6 is 11.3 Å². The summed E-state index contributed by atoms with van der Waals surface area (Å²) < 4.78 is 66.8. The van der Waals surface area contributed by atoms with Crippen LogP contribution in [0.2, 0.25) is 0 Å². The number of carboxylic acids is 2. The van der Waals surface area contributed by atoms with E-state index in [0.29, 0.717) is 0 Å². The first-order valence-electron chi connectivity index (χ1n) is 13.1. The van der Waals surface area contributed by atoms with Gasteiger partial charge in [-0.1, -0.05) is 18.2 Å². The minimum Gasteiger partial charge on any atom is -0.475 e. The van der Waals surface area contributed by atoms with Crippen LogP contribution in [0.25, 0.3) is 38.2 Å². The number of fused-ring (bicyclic) bond motifs is 2. The van der Waals surface area contributed by atoms with Crippen molar-refractivity contribution >= 4 is 44.8 Å². The van der Waals surface area contributed by atoms with Gasteiger partial charge in [-0.3, -0.25) is 4.40 Å². The molecule has 5 aromatic rings. The SMILES string of the molecule is CN1CCN(c2ccc(-c3ccn4c(-c5ccc6scnc6c5)cnc4c3)cc2)CC1.O=C(O)C(F)(F)F.O=C(O)C(F)(F)F. The van der Waals surface area contributed by atoms with Gasteiger partial charge in [0, 0.05) is 43.6 Å². The Labute approximate surface area is 255 Å². The average molecular weight is 654 g/mol. The maximum Gasteiger partial charge on any atom is 0.490 e. The molecule has 1 aliphatic rings. The summed E-state index contributed by atoms with van der Waals surface area (Å²) >= 11 is 1.67. The average Bonchev–Trinajstić information content (AvgIpc) is 3.64. The molecular weight excluding hydrogens is 628 g/mol. The second kappa shape index (κ2) is 13.5. The van der Waals surface area contributed by atoms with Crippen molar-refractivity contribution < 1.29 is 46.1 Å². The van der Waals surface area contributed by atoms with Crippen LogP contribution in [-0.2, 0) is 9.59 Å². The van der Waals surface area contributed by atoms with Crippen LogP contribution in [0.5, 0.6) is 0 Å². The van der Waals surface area contributed by atoms with Gasteiger partial charge in [-0.25, -0.2) is 19.6 Å². The van der Waals surface area contributed by atoms with E-state index in [-0.39, 0.29) is 0 Å². The highest BCUT2D eigenvalue weighted by molar-refractivity contribution is 7.16.